The van der Waals surface area contributed by atoms with Crippen molar-refractivity contribution in [1.82, 2.24) is 5.32 Å². The van der Waals surface area contributed by atoms with E-state index >= 15 is 0 Å². The molecule has 2 nitrogen and oxygen atoms in total. The van der Waals surface area contributed by atoms with E-state index in [1.165, 1.54) is 12.0 Å². The Morgan fingerprint density at radius 3 is 2.50 bits per heavy atom. The average molecular weight is 298 g/mol. The molecule has 114 valence electrons. The molecule has 0 aromatic heterocycles. The van der Waals surface area contributed by atoms with E-state index < -0.39 is 0 Å². The summed E-state index contributed by atoms with van der Waals surface area (Å²) in [7, 11) is 0. The highest BCUT2D eigenvalue weighted by molar-refractivity contribution is 6.30. The van der Waals surface area contributed by atoms with Crippen LogP contribution in [0.3, 0.4) is 0 Å². The van der Waals surface area contributed by atoms with E-state index in [1.54, 1.807) is 0 Å². The Morgan fingerprint density at radius 1 is 1.20 bits per heavy atom. The maximum Gasteiger partial charge on any atom is 0.0518 e. The lowest BCUT2D eigenvalue weighted by atomic mass is 9.96. The summed E-state index contributed by atoms with van der Waals surface area (Å²) in [4.78, 5) is 0. The highest BCUT2D eigenvalue weighted by atomic mass is 35.5. The molecule has 0 aliphatic carbocycles. The van der Waals surface area contributed by atoms with Crippen molar-refractivity contribution >= 4 is 11.6 Å². The maximum atomic E-state index is 5.94. The van der Waals surface area contributed by atoms with Gasteiger partial charge in [0.2, 0.25) is 0 Å². The number of rotatable bonds is 10. The predicted octanol–water partition coefficient (Wildman–Crippen LogP) is 4.31. The van der Waals surface area contributed by atoms with Gasteiger partial charge in [-0.3, -0.25) is 0 Å². The number of hydrogen-bond donors (Lipinski definition) is 1. The van der Waals surface area contributed by atoms with Gasteiger partial charge in [0.15, 0.2) is 0 Å². The molecule has 0 saturated heterocycles. The van der Waals surface area contributed by atoms with Crippen molar-refractivity contribution < 1.29 is 4.74 Å². The molecule has 0 heterocycles. The highest BCUT2D eigenvalue weighted by Gasteiger charge is 2.10. The summed E-state index contributed by atoms with van der Waals surface area (Å²) in [6.07, 6.45) is 3.66. The Balaban J connectivity index is 2.45. The molecule has 3 heteroatoms. The topological polar surface area (TPSA) is 21.3 Å². The summed E-state index contributed by atoms with van der Waals surface area (Å²) in [5, 5.41) is 4.33. The van der Waals surface area contributed by atoms with Crippen LogP contribution >= 0.6 is 11.6 Å². The molecule has 0 spiro atoms. The molecule has 1 unspecified atom stereocenters. The van der Waals surface area contributed by atoms with Gasteiger partial charge in [-0.25, -0.2) is 0 Å². The van der Waals surface area contributed by atoms with Crippen LogP contribution in [0.2, 0.25) is 5.02 Å². The number of halogens is 1. The van der Waals surface area contributed by atoms with Crippen LogP contribution in [0.1, 0.15) is 39.2 Å². The summed E-state index contributed by atoms with van der Waals surface area (Å²) >= 11 is 5.94. The van der Waals surface area contributed by atoms with E-state index in [0.29, 0.717) is 12.0 Å². The van der Waals surface area contributed by atoms with Gasteiger partial charge in [0.25, 0.3) is 0 Å². The summed E-state index contributed by atoms with van der Waals surface area (Å²) in [6.45, 7) is 9.35. The van der Waals surface area contributed by atoms with Crippen molar-refractivity contribution in [2.45, 2.75) is 46.1 Å². The number of benzene rings is 1. The third-order valence-corrected chi connectivity index (χ3v) is 3.53. The third-order valence-electron chi connectivity index (χ3n) is 3.27. The van der Waals surface area contributed by atoms with E-state index in [4.69, 9.17) is 16.3 Å². The molecule has 20 heavy (non-hydrogen) atoms. The first-order valence-corrected chi connectivity index (χ1v) is 8.06. The minimum absolute atomic E-state index is 0.315. The molecule has 1 N–H and O–H groups in total. The zero-order chi connectivity index (χ0) is 14.8. The van der Waals surface area contributed by atoms with Gasteiger partial charge in [0.1, 0.15) is 0 Å². The van der Waals surface area contributed by atoms with Gasteiger partial charge in [-0.15, -0.1) is 0 Å². The zero-order valence-corrected chi connectivity index (χ0v) is 13.7. The van der Waals surface area contributed by atoms with Crippen molar-refractivity contribution in [1.29, 1.82) is 0 Å². The van der Waals surface area contributed by atoms with Crippen molar-refractivity contribution in [3.63, 3.8) is 0 Å². The van der Waals surface area contributed by atoms with E-state index in [0.717, 1.165) is 37.6 Å². The molecular weight excluding hydrogens is 270 g/mol. The molecule has 0 fully saturated rings. The first-order chi connectivity index (χ1) is 9.61. The molecule has 1 aromatic rings. The van der Waals surface area contributed by atoms with Gasteiger partial charge in [-0.2, -0.15) is 0 Å². The molecule has 0 aliphatic heterocycles. The van der Waals surface area contributed by atoms with Crippen LogP contribution in [0.5, 0.6) is 0 Å². The molecule has 1 rings (SSSR count). The standard InChI is InChI=1S/C17H28ClNO/c1-4-10-19-13-16(9-11-20-14(2)3)12-15-5-7-17(18)8-6-15/h5-8,14,16,19H,4,9-13H2,1-3H3. The Kier molecular flexibility index (Phi) is 8.92. The number of ether oxygens (including phenoxy) is 1. The molecule has 0 radical (unpaired) electrons. The van der Waals surface area contributed by atoms with E-state index in [1.807, 2.05) is 12.1 Å². The van der Waals surface area contributed by atoms with Crippen LogP contribution in [0.15, 0.2) is 24.3 Å². The molecule has 0 bridgehead atoms. The highest BCUT2D eigenvalue weighted by Crippen LogP contribution is 2.15. The van der Waals surface area contributed by atoms with Gasteiger partial charge < -0.3 is 10.1 Å². The number of hydrogen-bond acceptors (Lipinski definition) is 2. The van der Waals surface area contributed by atoms with Gasteiger partial charge in [0.05, 0.1) is 6.10 Å². The van der Waals surface area contributed by atoms with Crippen molar-refractivity contribution in [2.75, 3.05) is 19.7 Å². The van der Waals surface area contributed by atoms with Crippen molar-refractivity contribution in [2.24, 2.45) is 5.92 Å². The fraction of sp³-hybridized carbons (Fsp3) is 0.647. The van der Waals surface area contributed by atoms with E-state index in [9.17, 15) is 0 Å². The monoisotopic (exact) mass is 297 g/mol. The molecule has 1 aromatic carbocycles. The first kappa shape index (κ1) is 17.5. The Labute approximate surface area is 128 Å². The predicted molar refractivity (Wildman–Crippen MR) is 87.5 cm³/mol. The van der Waals surface area contributed by atoms with Gasteiger partial charge in [0, 0.05) is 11.6 Å². The third kappa shape index (κ3) is 7.88. The lowest BCUT2D eigenvalue weighted by molar-refractivity contribution is 0.0683. The maximum absolute atomic E-state index is 5.94. The van der Waals surface area contributed by atoms with Crippen LogP contribution in [-0.2, 0) is 11.2 Å². The van der Waals surface area contributed by atoms with Gasteiger partial charge >= 0.3 is 0 Å². The van der Waals surface area contributed by atoms with Crippen LogP contribution in [0.4, 0.5) is 0 Å². The second kappa shape index (κ2) is 10.2. The van der Waals surface area contributed by atoms with Crippen LogP contribution in [0, 0.1) is 5.92 Å². The first-order valence-electron chi connectivity index (χ1n) is 7.68. The second-order valence-corrected chi connectivity index (χ2v) is 6.05. The average Bonchev–Trinajstić information content (AvgIpc) is 2.41. The van der Waals surface area contributed by atoms with E-state index in [-0.39, 0.29) is 0 Å². The second-order valence-electron chi connectivity index (χ2n) is 5.61. The van der Waals surface area contributed by atoms with Crippen LogP contribution in [0.25, 0.3) is 0 Å². The summed E-state index contributed by atoms with van der Waals surface area (Å²) in [5.74, 6) is 0.612. The minimum atomic E-state index is 0.315. The largest absolute Gasteiger partial charge is 0.379 e. The van der Waals surface area contributed by atoms with Crippen LogP contribution < -0.4 is 5.32 Å². The quantitative estimate of drug-likeness (QED) is 0.650. The zero-order valence-electron chi connectivity index (χ0n) is 13.0. The van der Waals surface area contributed by atoms with Gasteiger partial charge in [-0.1, -0.05) is 30.7 Å². The van der Waals surface area contributed by atoms with Crippen molar-refractivity contribution in [3.05, 3.63) is 34.9 Å². The Bertz CT molecular complexity index is 351. The molecule has 0 aliphatic rings. The summed E-state index contributed by atoms with van der Waals surface area (Å²) in [6, 6.07) is 8.19. The van der Waals surface area contributed by atoms with Gasteiger partial charge in [-0.05, 0) is 69.8 Å². The smallest absolute Gasteiger partial charge is 0.0518 e. The van der Waals surface area contributed by atoms with Crippen LogP contribution in [-0.4, -0.2) is 25.8 Å². The molecule has 1 atom stereocenters. The fourth-order valence-electron chi connectivity index (χ4n) is 2.18. The lowest BCUT2D eigenvalue weighted by Gasteiger charge is -2.18. The molecular formula is C17H28ClNO. The number of nitrogens with one attached hydrogen (secondary N) is 1. The Morgan fingerprint density at radius 2 is 1.90 bits per heavy atom. The lowest BCUT2D eigenvalue weighted by Crippen LogP contribution is -2.26. The Hall–Kier alpha value is -0.570. The summed E-state index contributed by atoms with van der Waals surface area (Å²) < 4.78 is 5.69. The minimum Gasteiger partial charge on any atom is -0.379 e. The fourth-order valence-corrected chi connectivity index (χ4v) is 2.31. The van der Waals surface area contributed by atoms with Crippen molar-refractivity contribution in [3.8, 4) is 0 Å². The van der Waals surface area contributed by atoms with E-state index in [2.05, 4.69) is 38.2 Å². The SMILES string of the molecule is CCCNCC(CCOC(C)C)Cc1ccc(Cl)cc1. The summed E-state index contributed by atoms with van der Waals surface area (Å²) in [5.41, 5.74) is 1.35. The molecule has 0 saturated carbocycles. The normalized spacial score (nSPS) is 12.8. The molecule has 0 amide bonds.